The molecular weight excluding hydrogens is 473 g/mol. The lowest BCUT2D eigenvalue weighted by Crippen LogP contribution is -2.32. The van der Waals surface area contributed by atoms with Gasteiger partial charge in [-0.1, -0.05) is 51.3 Å². The zero-order chi connectivity index (χ0) is 20.6. The lowest BCUT2D eigenvalue weighted by Gasteiger charge is -2.23. The maximum atomic E-state index is 13.3. The van der Waals surface area contributed by atoms with Gasteiger partial charge >= 0.3 is 0 Å². The molecule has 0 bridgehead atoms. The fraction of sp³-hybridized carbons (Fsp3) is 0.417. The molecule has 0 atom stereocenters. The van der Waals surface area contributed by atoms with Crippen LogP contribution in [-0.2, 0) is 13.1 Å². The summed E-state index contributed by atoms with van der Waals surface area (Å²) in [5.74, 6) is 1.07. The van der Waals surface area contributed by atoms with Gasteiger partial charge in [0.25, 0.3) is 5.91 Å². The number of unbranched alkanes of at least 4 members (excludes halogenated alkanes) is 3. The molecule has 0 spiro atoms. The second kappa shape index (κ2) is 10.8. The quantitative estimate of drug-likeness (QED) is 0.242. The topological polar surface area (TPSA) is 38.1 Å². The van der Waals surface area contributed by atoms with E-state index in [1.54, 1.807) is 0 Å². The molecule has 1 aromatic heterocycles. The number of aryl methyl sites for hydroxylation is 1. The monoisotopic (exact) mass is 503 g/mol. The van der Waals surface area contributed by atoms with Crippen LogP contribution < -0.4 is 0 Å². The Morgan fingerprint density at radius 2 is 1.83 bits per heavy atom. The molecule has 0 N–H and O–H groups in total. The first-order chi connectivity index (χ1) is 14.1. The second-order valence-corrected chi connectivity index (χ2v) is 8.71. The van der Waals surface area contributed by atoms with E-state index in [0.717, 1.165) is 71.2 Å². The minimum atomic E-state index is 0.0914. The zero-order valence-corrected chi connectivity index (χ0v) is 19.6. The van der Waals surface area contributed by atoms with Crippen LogP contribution in [0, 0.1) is 3.57 Å². The Hall–Kier alpha value is -1.89. The first-order valence-electron chi connectivity index (χ1n) is 10.6. The normalized spacial score (nSPS) is 11.1. The molecule has 0 aliphatic heterocycles. The van der Waals surface area contributed by atoms with Crippen LogP contribution in [0.4, 0.5) is 0 Å². The van der Waals surface area contributed by atoms with Gasteiger partial charge in [-0.25, -0.2) is 4.98 Å². The highest BCUT2D eigenvalue weighted by Crippen LogP contribution is 2.20. The average molecular weight is 503 g/mol. The number of hydrogen-bond acceptors (Lipinski definition) is 2. The number of aromatic nitrogens is 2. The Balaban J connectivity index is 1.91. The predicted octanol–water partition coefficient (Wildman–Crippen LogP) is 6.27. The van der Waals surface area contributed by atoms with Crippen LogP contribution in [0.1, 0.15) is 62.1 Å². The van der Waals surface area contributed by atoms with Crippen molar-refractivity contribution in [2.24, 2.45) is 0 Å². The van der Waals surface area contributed by atoms with Crippen molar-refractivity contribution in [2.45, 2.75) is 59.0 Å². The van der Waals surface area contributed by atoms with Crippen LogP contribution in [0.15, 0.2) is 48.5 Å². The standard InChI is InChI=1S/C24H30IN3O/c1-3-5-9-15-27(24(29)19-11-10-12-20(25)17-19)18-23-26-21-13-7-8-14-22(21)28(23)16-6-4-2/h7-8,10-14,17H,3-6,9,15-16,18H2,1-2H3. The van der Waals surface area contributed by atoms with E-state index >= 15 is 0 Å². The molecule has 0 aliphatic carbocycles. The fourth-order valence-electron chi connectivity index (χ4n) is 3.59. The van der Waals surface area contributed by atoms with Gasteiger partial charge in [-0.05, 0) is 65.8 Å². The molecule has 0 unspecified atom stereocenters. The molecule has 3 rings (SSSR count). The number of nitrogens with zero attached hydrogens (tertiary/aromatic N) is 3. The number of benzene rings is 2. The summed E-state index contributed by atoms with van der Waals surface area (Å²) in [5, 5.41) is 0. The third-order valence-corrected chi connectivity index (χ3v) is 5.86. The molecular formula is C24H30IN3O. The van der Waals surface area contributed by atoms with Crippen molar-refractivity contribution >= 4 is 39.5 Å². The van der Waals surface area contributed by atoms with Crippen LogP contribution in [0.2, 0.25) is 0 Å². The Morgan fingerprint density at radius 1 is 1.03 bits per heavy atom. The fourth-order valence-corrected chi connectivity index (χ4v) is 4.13. The van der Waals surface area contributed by atoms with Crippen molar-refractivity contribution in [3.8, 4) is 0 Å². The smallest absolute Gasteiger partial charge is 0.254 e. The van der Waals surface area contributed by atoms with Crippen molar-refractivity contribution in [3.05, 3.63) is 63.5 Å². The summed E-state index contributed by atoms with van der Waals surface area (Å²) in [6.07, 6.45) is 5.52. The molecule has 3 aromatic rings. The lowest BCUT2D eigenvalue weighted by molar-refractivity contribution is 0.0734. The molecule has 5 heteroatoms. The van der Waals surface area contributed by atoms with Crippen LogP contribution >= 0.6 is 22.6 Å². The molecule has 0 radical (unpaired) electrons. The number of rotatable bonds is 10. The number of imidazole rings is 1. The number of fused-ring (bicyclic) bond motifs is 1. The number of carbonyl (C=O) groups excluding carboxylic acids is 1. The molecule has 0 saturated heterocycles. The van der Waals surface area contributed by atoms with Gasteiger partial charge in [-0.3, -0.25) is 4.79 Å². The van der Waals surface area contributed by atoms with Crippen molar-refractivity contribution in [1.29, 1.82) is 0 Å². The summed E-state index contributed by atoms with van der Waals surface area (Å²) in [6.45, 7) is 6.64. The first-order valence-corrected chi connectivity index (χ1v) is 11.7. The summed E-state index contributed by atoms with van der Waals surface area (Å²) in [5.41, 5.74) is 2.92. The molecule has 2 aromatic carbocycles. The maximum Gasteiger partial charge on any atom is 0.254 e. The number of para-hydroxylation sites is 2. The molecule has 0 saturated carbocycles. The van der Waals surface area contributed by atoms with Crippen molar-refractivity contribution in [3.63, 3.8) is 0 Å². The molecule has 1 heterocycles. The average Bonchev–Trinajstić information content (AvgIpc) is 3.08. The Labute approximate surface area is 187 Å². The lowest BCUT2D eigenvalue weighted by atomic mass is 10.1. The van der Waals surface area contributed by atoms with Gasteiger partial charge in [0, 0.05) is 22.2 Å². The Morgan fingerprint density at radius 3 is 2.59 bits per heavy atom. The highest BCUT2D eigenvalue weighted by molar-refractivity contribution is 14.1. The summed E-state index contributed by atoms with van der Waals surface area (Å²) in [6, 6.07) is 16.1. The maximum absolute atomic E-state index is 13.3. The van der Waals surface area contributed by atoms with E-state index in [0.29, 0.717) is 6.54 Å². The van der Waals surface area contributed by atoms with E-state index in [1.165, 1.54) is 0 Å². The van der Waals surface area contributed by atoms with Gasteiger partial charge in [-0.2, -0.15) is 0 Å². The summed E-state index contributed by atoms with van der Waals surface area (Å²) in [7, 11) is 0. The van der Waals surface area contributed by atoms with Crippen LogP contribution in [0.5, 0.6) is 0 Å². The molecule has 154 valence electrons. The third kappa shape index (κ3) is 5.59. The van der Waals surface area contributed by atoms with E-state index in [1.807, 2.05) is 35.2 Å². The van der Waals surface area contributed by atoms with E-state index in [-0.39, 0.29) is 5.91 Å². The van der Waals surface area contributed by atoms with Crippen molar-refractivity contribution in [2.75, 3.05) is 6.54 Å². The van der Waals surface area contributed by atoms with Gasteiger partial charge in [0.15, 0.2) is 0 Å². The van der Waals surface area contributed by atoms with Crippen LogP contribution in [-0.4, -0.2) is 26.9 Å². The van der Waals surface area contributed by atoms with E-state index in [9.17, 15) is 4.79 Å². The van der Waals surface area contributed by atoms with E-state index in [2.05, 4.69) is 59.2 Å². The molecule has 0 aliphatic rings. The predicted molar refractivity (Wildman–Crippen MR) is 128 cm³/mol. The van der Waals surface area contributed by atoms with Gasteiger partial charge < -0.3 is 9.47 Å². The highest BCUT2D eigenvalue weighted by atomic mass is 127. The van der Waals surface area contributed by atoms with Gasteiger partial charge in [0.05, 0.1) is 17.6 Å². The summed E-state index contributed by atoms with van der Waals surface area (Å²) < 4.78 is 3.38. The van der Waals surface area contributed by atoms with Gasteiger partial charge in [0.1, 0.15) is 5.82 Å². The SMILES string of the molecule is CCCCCN(Cc1nc2ccccc2n1CCCC)C(=O)c1cccc(I)c1. The second-order valence-electron chi connectivity index (χ2n) is 7.47. The van der Waals surface area contributed by atoms with Crippen LogP contribution in [0.25, 0.3) is 11.0 Å². The van der Waals surface area contributed by atoms with Gasteiger partial charge in [-0.15, -0.1) is 0 Å². The molecule has 1 amide bonds. The Bertz CT molecular complexity index is 950. The largest absolute Gasteiger partial charge is 0.331 e. The minimum absolute atomic E-state index is 0.0914. The van der Waals surface area contributed by atoms with E-state index in [4.69, 9.17) is 4.98 Å². The molecule has 29 heavy (non-hydrogen) atoms. The van der Waals surface area contributed by atoms with E-state index < -0.39 is 0 Å². The third-order valence-electron chi connectivity index (χ3n) is 5.19. The number of halogens is 1. The Kier molecular flexibility index (Phi) is 8.09. The minimum Gasteiger partial charge on any atom is -0.331 e. The number of amides is 1. The summed E-state index contributed by atoms with van der Waals surface area (Å²) in [4.78, 5) is 20.2. The highest BCUT2D eigenvalue weighted by Gasteiger charge is 2.20. The first kappa shape index (κ1) is 21.8. The summed E-state index contributed by atoms with van der Waals surface area (Å²) >= 11 is 2.26. The zero-order valence-electron chi connectivity index (χ0n) is 17.4. The van der Waals surface area contributed by atoms with Crippen molar-refractivity contribution < 1.29 is 4.79 Å². The molecule has 4 nitrogen and oxygen atoms in total. The number of hydrogen-bond donors (Lipinski definition) is 0. The van der Waals surface area contributed by atoms with Crippen molar-refractivity contribution in [1.82, 2.24) is 14.5 Å². The molecule has 0 fully saturated rings. The van der Waals surface area contributed by atoms with Crippen LogP contribution in [0.3, 0.4) is 0 Å². The van der Waals surface area contributed by atoms with Gasteiger partial charge in [0.2, 0.25) is 0 Å². The number of carbonyl (C=O) groups is 1.